The van der Waals surface area contributed by atoms with Crippen LogP contribution >= 0.6 is 11.3 Å². The first kappa shape index (κ1) is 17.7. The molecule has 0 spiro atoms. The number of fused-ring (bicyclic) bond motifs is 2. The highest BCUT2D eigenvalue weighted by molar-refractivity contribution is 7.15. The van der Waals surface area contributed by atoms with Gasteiger partial charge in [-0.2, -0.15) is 0 Å². The molecule has 8 heteroatoms. The van der Waals surface area contributed by atoms with Gasteiger partial charge in [-0.1, -0.05) is 12.1 Å². The highest BCUT2D eigenvalue weighted by Gasteiger charge is 2.40. The van der Waals surface area contributed by atoms with Crippen molar-refractivity contribution in [1.29, 1.82) is 0 Å². The average Bonchev–Trinajstić information content (AvgIpc) is 3.06. The van der Waals surface area contributed by atoms with Gasteiger partial charge in [-0.15, -0.1) is 11.3 Å². The number of aromatic nitrogens is 1. The standard InChI is InChI=1S/C19H20N4O3S/c1-12-10-20-19(27-12)21-16(24)11-23-14-7-3-2-6-13(14)17(25)22-9-5-4-8-15(22)18(23)26/h2-3,6-7,10,15H,4-5,8-9,11H2,1H3,(H,20,21,24)/t15-/m0/s1. The van der Waals surface area contributed by atoms with Crippen LogP contribution in [0.5, 0.6) is 0 Å². The monoisotopic (exact) mass is 384 g/mol. The molecule has 2 aliphatic rings. The number of nitrogens with one attached hydrogen (secondary N) is 1. The maximum atomic E-state index is 13.2. The van der Waals surface area contributed by atoms with Crippen LogP contribution in [-0.4, -0.2) is 46.7 Å². The largest absolute Gasteiger partial charge is 0.327 e. The lowest BCUT2D eigenvalue weighted by molar-refractivity contribution is -0.125. The predicted molar refractivity (Wildman–Crippen MR) is 103 cm³/mol. The van der Waals surface area contributed by atoms with Gasteiger partial charge in [-0.3, -0.25) is 14.4 Å². The fourth-order valence-corrected chi connectivity index (χ4v) is 4.33. The second-order valence-corrected chi connectivity index (χ2v) is 8.01. The second-order valence-electron chi connectivity index (χ2n) is 6.78. The van der Waals surface area contributed by atoms with Crippen LogP contribution in [0.3, 0.4) is 0 Å². The first-order valence-corrected chi connectivity index (χ1v) is 9.80. The number of carbonyl (C=O) groups is 3. The summed E-state index contributed by atoms with van der Waals surface area (Å²) < 4.78 is 0. The van der Waals surface area contributed by atoms with Gasteiger partial charge < -0.3 is 15.1 Å². The molecule has 27 heavy (non-hydrogen) atoms. The van der Waals surface area contributed by atoms with E-state index in [1.165, 1.54) is 16.2 Å². The van der Waals surface area contributed by atoms with E-state index in [2.05, 4.69) is 10.3 Å². The van der Waals surface area contributed by atoms with E-state index < -0.39 is 6.04 Å². The van der Waals surface area contributed by atoms with Crippen molar-refractivity contribution in [1.82, 2.24) is 9.88 Å². The minimum atomic E-state index is -0.506. The van der Waals surface area contributed by atoms with Gasteiger partial charge in [0.2, 0.25) is 11.8 Å². The Balaban J connectivity index is 1.65. The minimum Gasteiger partial charge on any atom is -0.327 e. The molecule has 1 aromatic carbocycles. The fourth-order valence-electron chi connectivity index (χ4n) is 3.65. The zero-order valence-electron chi connectivity index (χ0n) is 15.0. The number of aryl methyl sites for hydroxylation is 1. The number of carbonyl (C=O) groups excluding carboxylic acids is 3. The third-order valence-electron chi connectivity index (χ3n) is 4.91. The average molecular weight is 384 g/mol. The quantitative estimate of drug-likeness (QED) is 0.881. The number of thiazole rings is 1. The number of benzene rings is 1. The van der Waals surface area contributed by atoms with Crippen molar-refractivity contribution in [2.45, 2.75) is 32.2 Å². The van der Waals surface area contributed by atoms with Crippen LogP contribution in [0.25, 0.3) is 0 Å². The summed E-state index contributed by atoms with van der Waals surface area (Å²) >= 11 is 1.38. The summed E-state index contributed by atoms with van der Waals surface area (Å²) in [4.78, 5) is 47.0. The van der Waals surface area contributed by atoms with Crippen LogP contribution in [0.2, 0.25) is 0 Å². The van der Waals surface area contributed by atoms with E-state index in [4.69, 9.17) is 0 Å². The summed E-state index contributed by atoms with van der Waals surface area (Å²) in [5.74, 6) is -0.662. The molecule has 0 radical (unpaired) electrons. The van der Waals surface area contributed by atoms with Crippen molar-refractivity contribution in [3.8, 4) is 0 Å². The Morgan fingerprint density at radius 3 is 2.89 bits per heavy atom. The molecular weight excluding hydrogens is 364 g/mol. The number of hydrogen-bond donors (Lipinski definition) is 1. The summed E-state index contributed by atoms with van der Waals surface area (Å²) in [5.41, 5.74) is 0.959. The van der Waals surface area contributed by atoms with E-state index in [-0.39, 0.29) is 24.3 Å². The second kappa shape index (κ2) is 7.11. The molecule has 140 valence electrons. The number of anilines is 2. The molecule has 4 rings (SSSR count). The Morgan fingerprint density at radius 1 is 1.30 bits per heavy atom. The van der Waals surface area contributed by atoms with Gasteiger partial charge >= 0.3 is 0 Å². The predicted octanol–water partition coefficient (Wildman–Crippen LogP) is 2.43. The highest BCUT2D eigenvalue weighted by Crippen LogP contribution is 2.31. The molecule has 1 fully saturated rings. The van der Waals surface area contributed by atoms with Crippen molar-refractivity contribution in [2.75, 3.05) is 23.3 Å². The zero-order valence-corrected chi connectivity index (χ0v) is 15.8. The van der Waals surface area contributed by atoms with Crippen molar-refractivity contribution in [2.24, 2.45) is 0 Å². The molecule has 1 N–H and O–H groups in total. The van der Waals surface area contributed by atoms with Gasteiger partial charge in [0, 0.05) is 17.6 Å². The van der Waals surface area contributed by atoms with Crippen LogP contribution in [0.15, 0.2) is 30.5 Å². The Labute approximate surface area is 161 Å². The lowest BCUT2D eigenvalue weighted by Crippen LogP contribution is -2.52. The molecule has 7 nitrogen and oxygen atoms in total. The van der Waals surface area contributed by atoms with Crippen LogP contribution in [0.1, 0.15) is 34.5 Å². The smallest absolute Gasteiger partial charge is 0.256 e. The van der Waals surface area contributed by atoms with Crippen molar-refractivity contribution in [3.05, 3.63) is 40.9 Å². The molecular formula is C19H20N4O3S. The first-order chi connectivity index (χ1) is 13.0. The number of rotatable bonds is 3. The third kappa shape index (κ3) is 3.32. The zero-order chi connectivity index (χ0) is 19.0. The Kier molecular flexibility index (Phi) is 4.65. The van der Waals surface area contributed by atoms with Gasteiger partial charge in [0.05, 0.1) is 11.3 Å². The van der Waals surface area contributed by atoms with Crippen LogP contribution in [-0.2, 0) is 9.59 Å². The van der Waals surface area contributed by atoms with Gasteiger partial charge in [0.15, 0.2) is 5.13 Å². The summed E-state index contributed by atoms with van der Waals surface area (Å²) in [7, 11) is 0. The molecule has 0 aliphatic carbocycles. The van der Waals surface area contributed by atoms with Gasteiger partial charge in [0.1, 0.15) is 12.6 Å². The molecule has 1 aromatic heterocycles. The molecule has 3 amide bonds. The Hall–Kier alpha value is -2.74. The number of para-hydroxylation sites is 1. The van der Waals surface area contributed by atoms with E-state index in [1.54, 1.807) is 35.4 Å². The molecule has 2 aromatic rings. The van der Waals surface area contributed by atoms with Crippen LogP contribution in [0, 0.1) is 6.92 Å². The first-order valence-electron chi connectivity index (χ1n) is 8.98. The summed E-state index contributed by atoms with van der Waals surface area (Å²) in [6.45, 7) is 2.33. The highest BCUT2D eigenvalue weighted by atomic mass is 32.1. The van der Waals surface area contributed by atoms with E-state index in [0.29, 0.717) is 29.3 Å². The molecule has 1 atom stereocenters. The van der Waals surface area contributed by atoms with E-state index >= 15 is 0 Å². The number of nitrogens with zero attached hydrogens (tertiary/aromatic N) is 3. The van der Waals surface area contributed by atoms with Gasteiger partial charge in [-0.25, -0.2) is 4.98 Å². The maximum absolute atomic E-state index is 13.2. The lowest BCUT2D eigenvalue weighted by atomic mass is 10.0. The van der Waals surface area contributed by atoms with E-state index in [0.717, 1.165) is 17.7 Å². The summed E-state index contributed by atoms with van der Waals surface area (Å²) in [5, 5.41) is 3.24. The Bertz CT molecular complexity index is 910. The topological polar surface area (TPSA) is 82.6 Å². The lowest BCUT2D eigenvalue weighted by Gasteiger charge is -2.34. The molecule has 0 bridgehead atoms. The molecule has 0 unspecified atom stereocenters. The van der Waals surface area contributed by atoms with Crippen molar-refractivity contribution >= 4 is 39.9 Å². The number of amides is 3. The van der Waals surface area contributed by atoms with Crippen LogP contribution < -0.4 is 10.2 Å². The van der Waals surface area contributed by atoms with E-state index in [1.807, 2.05) is 6.92 Å². The summed E-state index contributed by atoms with van der Waals surface area (Å²) in [6.07, 6.45) is 4.10. The molecule has 1 saturated heterocycles. The molecule has 2 aliphatic heterocycles. The van der Waals surface area contributed by atoms with Crippen molar-refractivity contribution in [3.63, 3.8) is 0 Å². The third-order valence-corrected chi connectivity index (χ3v) is 5.74. The molecule has 0 saturated carbocycles. The summed E-state index contributed by atoms with van der Waals surface area (Å²) in [6, 6.07) is 6.50. The van der Waals surface area contributed by atoms with Gasteiger partial charge in [0.25, 0.3) is 5.91 Å². The SMILES string of the molecule is Cc1cnc(NC(=O)CN2C(=O)[C@@H]3CCCCN3C(=O)c3ccccc32)s1. The van der Waals surface area contributed by atoms with Crippen LogP contribution in [0.4, 0.5) is 10.8 Å². The Morgan fingerprint density at radius 2 is 2.11 bits per heavy atom. The fraction of sp³-hybridized carbons (Fsp3) is 0.368. The normalized spacial score (nSPS) is 19.4. The van der Waals surface area contributed by atoms with E-state index in [9.17, 15) is 14.4 Å². The maximum Gasteiger partial charge on any atom is 0.256 e. The minimum absolute atomic E-state index is 0.137. The molecule has 3 heterocycles. The van der Waals surface area contributed by atoms with Crippen molar-refractivity contribution < 1.29 is 14.4 Å². The van der Waals surface area contributed by atoms with Gasteiger partial charge in [-0.05, 0) is 38.3 Å². The number of piperidine rings is 1. The number of hydrogen-bond acceptors (Lipinski definition) is 5.